The van der Waals surface area contributed by atoms with Crippen LogP contribution in [0.15, 0.2) is 54.6 Å². The first-order valence-electron chi connectivity index (χ1n) is 8.58. The maximum atomic E-state index is 12.2. The quantitative estimate of drug-likeness (QED) is 0.477. The zero-order chi connectivity index (χ0) is 19.8. The number of hydrogen-bond donors (Lipinski definition) is 1. The van der Waals surface area contributed by atoms with Crippen molar-refractivity contribution < 1.29 is 14.3 Å². The molecule has 0 saturated heterocycles. The molecule has 0 aliphatic carbocycles. The first-order chi connectivity index (χ1) is 12.9. The Morgan fingerprint density at radius 2 is 1.78 bits per heavy atom. The van der Waals surface area contributed by atoms with Crippen LogP contribution in [0.2, 0.25) is 10.0 Å². The molecule has 0 bridgehead atoms. The Hall–Kier alpha value is -2.30. The van der Waals surface area contributed by atoms with Crippen molar-refractivity contribution >= 4 is 34.9 Å². The van der Waals surface area contributed by atoms with E-state index in [2.05, 4.69) is 11.9 Å². The Morgan fingerprint density at radius 1 is 1.07 bits per heavy atom. The van der Waals surface area contributed by atoms with Crippen molar-refractivity contribution in [2.24, 2.45) is 0 Å². The number of Topliss-reactive ketones (excluding diaryl/α,β-unsaturated/α-hetero) is 1. The molecule has 0 heterocycles. The van der Waals surface area contributed by atoms with Gasteiger partial charge in [-0.25, -0.2) is 0 Å². The Balaban J connectivity index is 1.90. The van der Waals surface area contributed by atoms with E-state index in [1.807, 2.05) is 37.3 Å². The van der Waals surface area contributed by atoms with E-state index in [4.69, 9.17) is 27.9 Å². The van der Waals surface area contributed by atoms with Crippen LogP contribution < -0.4 is 10.1 Å². The van der Waals surface area contributed by atoms with Crippen molar-refractivity contribution in [1.82, 2.24) is 5.32 Å². The number of halogens is 2. The van der Waals surface area contributed by atoms with Gasteiger partial charge in [-0.3, -0.25) is 9.59 Å². The van der Waals surface area contributed by atoms with Crippen molar-refractivity contribution in [3.8, 4) is 5.75 Å². The maximum absolute atomic E-state index is 12.2. The summed E-state index contributed by atoms with van der Waals surface area (Å²) in [5, 5.41) is 2.98. The molecular weight excluding hydrogens is 385 g/mol. The van der Waals surface area contributed by atoms with Crippen molar-refractivity contribution in [2.75, 3.05) is 13.2 Å². The normalized spacial score (nSPS) is 10.3. The largest absolute Gasteiger partial charge is 0.482 e. The van der Waals surface area contributed by atoms with Gasteiger partial charge in [-0.15, -0.1) is 0 Å². The van der Waals surface area contributed by atoms with Crippen LogP contribution in [0.1, 0.15) is 29.3 Å². The molecule has 0 fully saturated rings. The van der Waals surface area contributed by atoms with Crippen molar-refractivity contribution in [1.29, 1.82) is 0 Å². The Kier molecular flexibility index (Phi) is 7.89. The molecular formula is C21H21Cl2NO3. The standard InChI is InChI=1S/C21H21Cl2NO3/c1-3-14(2)21(26)16-9-10-17(20(23)19(16)22)27-13-18(25)24-12-11-15-7-5-4-6-8-15/h4-10H,2-3,11-13H2,1H3,(H,24,25). The molecule has 0 aliphatic rings. The number of carbonyl (C=O) groups is 2. The van der Waals surface area contributed by atoms with Crippen molar-refractivity contribution in [2.45, 2.75) is 19.8 Å². The average molecular weight is 406 g/mol. The number of benzene rings is 2. The van der Waals surface area contributed by atoms with Crippen LogP contribution >= 0.6 is 23.2 Å². The third-order valence-corrected chi connectivity index (χ3v) is 4.84. The van der Waals surface area contributed by atoms with Gasteiger partial charge >= 0.3 is 0 Å². The molecule has 142 valence electrons. The summed E-state index contributed by atoms with van der Waals surface area (Å²) in [5.74, 6) is -0.272. The second kappa shape index (κ2) is 10.1. The first-order valence-corrected chi connectivity index (χ1v) is 9.33. The minimum atomic E-state index is -0.266. The molecule has 2 rings (SSSR count). The van der Waals surface area contributed by atoms with E-state index in [1.54, 1.807) is 0 Å². The zero-order valence-electron chi connectivity index (χ0n) is 15.1. The molecule has 1 amide bonds. The van der Waals surface area contributed by atoms with Gasteiger partial charge in [-0.05, 0) is 36.1 Å². The predicted molar refractivity (Wildman–Crippen MR) is 109 cm³/mol. The Morgan fingerprint density at radius 3 is 2.44 bits per heavy atom. The summed E-state index contributed by atoms with van der Waals surface area (Å²) in [6.45, 7) is 5.87. The van der Waals surface area contributed by atoms with Crippen LogP contribution in [0.3, 0.4) is 0 Å². The summed E-state index contributed by atoms with van der Waals surface area (Å²) < 4.78 is 5.44. The van der Waals surface area contributed by atoms with E-state index < -0.39 is 0 Å². The lowest BCUT2D eigenvalue weighted by atomic mass is 10.0. The van der Waals surface area contributed by atoms with Gasteiger partial charge in [0.25, 0.3) is 5.91 Å². The SMILES string of the molecule is C=C(CC)C(=O)c1ccc(OCC(=O)NCCc2ccccc2)c(Cl)c1Cl. The Bertz CT molecular complexity index is 835. The first kappa shape index (κ1) is 21.0. The molecule has 4 nitrogen and oxygen atoms in total. The molecule has 0 unspecified atom stereocenters. The number of nitrogens with one attached hydrogen (secondary N) is 1. The monoisotopic (exact) mass is 405 g/mol. The van der Waals surface area contributed by atoms with Gasteiger partial charge < -0.3 is 10.1 Å². The molecule has 1 N–H and O–H groups in total. The van der Waals surface area contributed by atoms with E-state index in [9.17, 15) is 9.59 Å². The second-order valence-electron chi connectivity index (χ2n) is 5.90. The fourth-order valence-electron chi connectivity index (χ4n) is 2.35. The smallest absolute Gasteiger partial charge is 0.257 e. The minimum absolute atomic E-state index is 0.0956. The highest BCUT2D eigenvalue weighted by molar-refractivity contribution is 6.45. The Labute approximate surface area is 169 Å². The van der Waals surface area contributed by atoms with E-state index in [-0.39, 0.29) is 39.7 Å². The van der Waals surface area contributed by atoms with Crippen LogP contribution in [0.25, 0.3) is 0 Å². The number of hydrogen-bond acceptors (Lipinski definition) is 3. The molecule has 0 spiro atoms. The summed E-state index contributed by atoms with van der Waals surface area (Å²) in [7, 11) is 0. The van der Waals surface area contributed by atoms with Gasteiger partial charge in [0.2, 0.25) is 0 Å². The predicted octanol–water partition coefficient (Wildman–Crippen LogP) is 4.88. The molecule has 2 aromatic carbocycles. The van der Waals surface area contributed by atoms with Crippen LogP contribution in [0.5, 0.6) is 5.75 Å². The van der Waals surface area contributed by atoms with Crippen molar-refractivity contribution in [3.05, 3.63) is 75.8 Å². The van der Waals surface area contributed by atoms with Crippen LogP contribution in [0, 0.1) is 0 Å². The fraction of sp³-hybridized carbons (Fsp3) is 0.238. The lowest BCUT2D eigenvalue weighted by Gasteiger charge is -2.12. The van der Waals surface area contributed by atoms with E-state index >= 15 is 0 Å². The summed E-state index contributed by atoms with van der Waals surface area (Å²) in [6, 6.07) is 12.9. The summed E-state index contributed by atoms with van der Waals surface area (Å²) in [5.41, 5.74) is 1.86. The highest BCUT2D eigenvalue weighted by Gasteiger charge is 2.18. The molecule has 2 aromatic rings. The number of carbonyl (C=O) groups excluding carboxylic acids is 2. The van der Waals surface area contributed by atoms with Crippen LogP contribution in [-0.2, 0) is 11.2 Å². The molecule has 0 atom stereocenters. The van der Waals surface area contributed by atoms with E-state index in [0.29, 0.717) is 18.5 Å². The van der Waals surface area contributed by atoms with Gasteiger partial charge in [0, 0.05) is 12.1 Å². The third-order valence-electron chi connectivity index (χ3n) is 3.98. The second-order valence-corrected chi connectivity index (χ2v) is 6.66. The van der Waals surface area contributed by atoms with Gasteiger partial charge in [0.1, 0.15) is 10.8 Å². The van der Waals surface area contributed by atoms with Gasteiger partial charge in [-0.1, -0.05) is 67.0 Å². The lowest BCUT2D eigenvalue weighted by Crippen LogP contribution is -2.30. The summed E-state index contributed by atoms with van der Waals surface area (Å²) in [4.78, 5) is 24.1. The number of ether oxygens (including phenoxy) is 1. The van der Waals surface area contributed by atoms with Crippen LogP contribution in [-0.4, -0.2) is 24.8 Å². The van der Waals surface area contributed by atoms with Gasteiger partial charge in [-0.2, -0.15) is 0 Å². The fourth-order valence-corrected chi connectivity index (χ4v) is 2.82. The highest BCUT2D eigenvalue weighted by Crippen LogP contribution is 2.35. The van der Waals surface area contributed by atoms with Crippen molar-refractivity contribution in [3.63, 3.8) is 0 Å². The molecule has 0 aliphatic heterocycles. The third kappa shape index (κ3) is 5.84. The maximum Gasteiger partial charge on any atom is 0.257 e. The van der Waals surface area contributed by atoms with Crippen LogP contribution in [0.4, 0.5) is 0 Å². The number of ketones is 1. The lowest BCUT2D eigenvalue weighted by molar-refractivity contribution is -0.123. The van der Waals surface area contributed by atoms with E-state index in [0.717, 1.165) is 12.0 Å². The molecule has 6 heteroatoms. The highest BCUT2D eigenvalue weighted by atomic mass is 35.5. The van der Waals surface area contributed by atoms with Gasteiger partial charge in [0.15, 0.2) is 12.4 Å². The topological polar surface area (TPSA) is 55.4 Å². The average Bonchev–Trinajstić information content (AvgIpc) is 2.68. The summed E-state index contributed by atoms with van der Waals surface area (Å²) >= 11 is 12.4. The molecule has 0 aromatic heterocycles. The molecule has 0 radical (unpaired) electrons. The molecule has 27 heavy (non-hydrogen) atoms. The molecule has 0 saturated carbocycles. The van der Waals surface area contributed by atoms with Gasteiger partial charge in [0.05, 0.1) is 5.02 Å². The number of allylic oxidation sites excluding steroid dienone is 1. The van der Waals surface area contributed by atoms with E-state index in [1.165, 1.54) is 12.1 Å². The zero-order valence-corrected chi connectivity index (χ0v) is 16.6. The minimum Gasteiger partial charge on any atom is -0.482 e. The number of amides is 1. The number of rotatable bonds is 9. The summed E-state index contributed by atoms with van der Waals surface area (Å²) in [6.07, 6.45) is 1.26.